The van der Waals surface area contributed by atoms with Crippen LogP contribution in [0.15, 0.2) is 23.8 Å². The molecule has 1 aliphatic heterocycles. The first-order chi connectivity index (χ1) is 13.2. The zero-order valence-electron chi connectivity index (χ0n) is 17.4. The van der Waals surface area contributed by atoms with E-state index in [0.29, 0.717) is 18.8 Å². The van der Waals surface area contributed by atoms with Gasteiger partial charge in [0.05, 0.1) is 0 Å². The number of hydrogen-bond acceptors (Lipinski definition) is 4. The molecular weight excluding hydrogens is 354 g/mol. The molecule has 1 heterocycles. The van der Waals surface area contributed by atoms with Crippen LogP contribution >= 0.6 is 0 Å². The topological polar surface area (TPSA) is 83.5 Å². The smallest absolute Gasteiger partial charge is 0.235 e. The highest BCUT2D eigenvalue weighted by Crippen LogP contribution is 2.55. The van der Waals surface area contributed by atoms with E-state index in [1.165, 1.54) is 5.57 Å². The largest absolute Gasteiger partial charge is 0.385 e. The molecule has 0 aromatic carbocycles. The fourth-order valence-corrected chi connectivity index (χ4v) is 5.50. The molecule has 6 unspecified atom stereocenters. The average Bonchev–Trinajstić information content (AvgIpc) is 2.91. The van der Waals surface area contributed by atoms with E-state index in [0.717, 1.165) is 6.42 Å². The van der Waals surface area contributed by atoms with Crippen molar-refractivity contribution in [3.8, 4) is 0 Å². The molecule has 0 saturated carbocycles. The summed E-state index contributed by atoms with van der Waals surface area (Å²) in [7, 11) is 0. The Morgan fingerprint density at radius 3 is 2.64 bits per heavy atom. The summed E-state index contributed by atoms with van der Waals surface area (Å²) < 4.78 is 0. The monoisotopic (exact) mass is 387 g/mol. The molecular formula is C23H33NO4. The van der Waals surface area contributed by atoms with Gasteiger partial charge < -0.3 is 10.4 Å². The average molecular weight is 388 g/mol. The quantitative estimate of drug-likeness (QED) is 0.564. The molecule has 5 heteroatoms. The predicted octanol–water partition coefficient (Wildman–Crippen LogP) is 2.98. The minimum absolute atomic E-state index is 0.000391. The van der Waals surface area contributed by atoms with Crippen LogP contribution in [0, 0.1) is 29.1 Å². The second-order valence-electron chi connectivity index (χ2n) is 9.24. The molecule has 28 heavy (non-hydrogen) atoms. The number of hydrogen-bond donors (Lipinski definition) is 2. The number of ketones is 2. The van der Waals surface area contributed by atoms with Gasteiger partial charge in [0.2, 0.25) is 5.91 Å². The summed E-state index contributed by atoms with van der Waals surface area (Å²) in [6.07, 6.45) is 6.67. The summed E-state index contributed by atoms with van der Waals surface area (Å²) in [5, 5.41) is 13.2. The number of carbonyl (C=O) groups excluding carboxylic acids is 3. The molecule has 1 spiro atoms. The number of rotatable bonds is 2. The molecule has 3 aliphatic rings. The third-order valence-electron chi connectivity index (χ3n) is 6.98. The fourth-order valence-electron chi connectivity index (χ4n) is 5.50. The highest BCUT2D eigenvalue weighted by atomic mass is 16.3. The van der Waals surface area contributed by atoms with Crippen LogP contribution in [0.3, 0.4) is 0 Å². The number of nitrogens with one attached hydrogen (secondary N) is 1. The van der Waals surface area contributed by atoms with Gasteiger partial charge in [0.1, 0.15) is 17.3 Å². The van der Waals surface area contributed by atoms with E-state index in [2.05, 4.69) is 39.1 Å². The van der Waals surface area contributed by atoms with Crippen LogP contribution in [0.25, 0.3) is 0 Å². The Labute approximate surface area is 167 Å². The van der Waals surface area contributed by atoms with Crippen LogP contribution in [-0.4, -0.2) is 34.7 Å². The number of Topliss-reactive ketones (excluding diaryl/α,β-unsaturated/α-hetero) is 2. The number of carbonyl (C=O) groups is 3. The molecule has 154 valence electrons. The van der Waals surface area contributed by atoms with E-state index < -0.39 is 11.5 Å². The van der Waals surface area contributed by atoms with Crippen molar-refractivity contribution in [2.45, 2.75) is 71.9 Å². The number of aliphatic hydroxyl groups is 1. The van der Waals surface area contributed by atoms with E-state index in [4.69, 9.17) is 0 Å². The zero-order valence-corrected chi connectivity index (χ0v) is 17.4. The van der Waals surface area contributed by atoms with Gasteiger partial charge in [0.15, 0.2) is 5.78 Å². The maximum Gasteiger partial charge on any atom is 0.235 e. The van der Waals surface area contributed by atoms with Crippen molar-refractivity contribution >= 4 is 17.5 Å². The molecule has 1 saturated heterocycles. The van der Waals surface area contributed by atoms with Crippen molar-refractivity contribution in [1.82, 2.24) is 5.32 Å². The van der Waals surface area contributed by atoms with Crippen LogP contribution in [0.5, 0.6) is 0 Å². The normalized spacial score (nSPS) is 39.1. The van der Waals surface area contributed by atoms with Crippen LogP contribution in [0.1, 0.15) is 59.8 Å². The third kappa shape index (κ3) is 3.38. The Kier molecular flexibility index (Phi) is 5.95. The molecule has 3 rings (SSSR count). The number of allylic oxidation sites excluding steroid dienone is 4. The van der Waals surface area contributed by atoms with Crippen LogP contribution in [-0.2, 0) is 14.4 Å². The Hall–Kier alpha value is -1.75. The van der Waals surface area contributed by atoms with Gasteiger partial charge >= 0.3 is 0 Å². The maximum atomic E-state index is 13.6. The molecule has 0 radical (unpaired) electrons. The van der Waals surface area contributed by atoms with Crippen molar-refractivity contribution < 1.29 is 19.5 Å². The highest BCUT2D eigenvalue weighted by molar-refractivity contribution is 6.10. The Morgan fingerprint density at radius 2 is 1.96 bits per heavy atom. The summed E-state index contributed by atoms with van der Waals surface area (Å²) in [6, 6.07) is -0.0441. The molecule has 5 nitrogen and oxygen atoms in total. The molecule has 0 aromatic rings. The maximum absolute atomic E-state index is 13.6. The van der Waals surface area contributed by atoms with Gasteiger partial charge in [0, 0.05) is 30.7 Å². The first-order valence-electron chi connectivity index (χ1n) is 10.6. The first-order valence-corrected chi connectivity index (χ1v) is 10.6. The standard InChI is InChI=1S/C23H33NO4/c1-13(2)11-17-21-15(4)14(3)12-16-7-5-6-8-18(25)19(26)9-10-20(27)23(16,21)22(28)24-17/h5,7,12-13,15-18,21,25H,6,8-11H2,1-4H3,(H,24,28). The second-order valence-corrected chi connectivity index (χ2v) is 9.24. The van der Waals surface area contributed by atoms with Crippen molar-refractivity contribution in [3.63, 3.8) is 0 Å². The van der Waals surface area contributed by atoms with Crippen molar-refractivity contribution in [2.24, 2.45) is 29.1 Å². The van der Waals surface area contributed by atoms with E-state index in [9.17, 15) is 19.5 Å². The number of amides is 1. The SMILES string of the molecule is CC1=CC2C=CCCC(O)C(=O)CCC(=O)C23C(=O)NC(CC(C)C)C3C1C. The molecule has 0 aromatic heterocycles. The molecule has 1 amide bonds. The zero-order chi connectivity index (χ0) is 20.6. The molecule has 6 atom stereocenters. The van der Waals surface area contributed by atoms with Gasteiger partial charge in [-0.2, -0.15) is 0 Å². The van der Waals surface area contributed by atoms with Crippen LogP contribution in [0.4, 0.5) is 0 Å². The van der Waals surface area contributed by atoms with Gasteiger partial charge in [-0.3, -0.25) is 14.4 Å². The van der Waals surface area contributed by atoms with Crippen LogP contribution in [0.2, 0.25) is 0 Å². The molecule has 0 bridgehead atoms. The van der Waals surface area contributed by atoms with Crippen LogP contribution < -0.4 is 5.32 Å². The Balaban J connectivity index is 2.11. The van der Waals surface area contributed by atoms with E-state index in [-0.39, 0.29) is 54.1 Å². The predicted molar refractivity (Wildman–Crippen MR) is 107 cm³/mol. The summed E-state index contributed by atoms with van der Waals surface area (Å²) in [5.41, 5.74) is 0.0594. The van der Waals surface area contributed by atoms with Gasteiger partial charge in [-0.15, -0.1) is 0 Å². The minimum atomic E-state index is -1.15. The second kappa shape index (κ2) is 7.94. The Morgan fingerprint density at radius 1 is 1.25 bits per heavy atom. The van der Waals surface area contributed by atoms with E-state index in [1.54, 1.807) is 0 Å². The van der Waals surface area contributed by atoms with Gasteiger partial charge in [-0.1, -0.05) is 44.6 Å². The first kappa shape index (κ1) is 21.0. The third-order valence-corrected chi connectivity index (χ3v) is 6.98. The summed E-state index contributed by atoms with van der Waals surface area (Å²) >= 11 is 0. The summed E-state index contributed by atoms with van der Waals surface area (Å²) in [5.74, 6) is -0.551. The molecule has 1 fully saturated rings. The lowest BCUT2D eigenvalue weighted by Crippen LogP contribution is -2.52. The van der Waals surface area contributed by atoms with Crippen molar-refractivity contribution in [3.05, 3.63) is 23.8 Å². The minimum Gasteiger partial charge on any atom is -0.385 e. The lowest BCUT2D eigenvalue weighted by molar-refractivity contribution is -0.146. The number of aliphatic hydroxyl groups excluding tert-OH is 1. The van der Waals surface area contributed by atoms with Crippen molar-refractivity contribution in [1.29, 1.82) is 0 Å². The lowest BCUT2D eigenvalue weighted by atomic mass is 9.54. The summed E-state index contributed by atoms with van der Waals surface area (Å²) in [4.78, 5) is 39.2. The van der Waals surface area contributed by atoms with Gasteiger partial charge in [-0.05, 0) is 38.0 Å². The van der Waals surface area contributed by atoms with Gasteiger partial charge in [-0.25, -0.2) is 0 Å². The molecule has 2 N–H and O–H groups in total. The fraction of sp³-hybridized carbons (Fsp3) is 0.696. The van der Waals surface area contributed by atoms with E-state index >= 15 is 0 Å². The Bertz CT molecular complexity index is 722. The van der Waals surface area contributed by atoms with Gasteiger partial charge in [0.25, 0.3) is 0 Å². The molecule has 2 aliphatic carbocycles. The van der Waals surface area contributed by atoms with Crippen molar-refractivity contribution in [2.75, 3.05) is 0 Å². The summed E-state index contributed by atoms with van der Waals surface area (Å²) in [6.45, 7) is 8.45. The highest BCUT2D eigenvalue weighted by Gasteiger charge is 2.64. The van der Waals surface area contributed by atoms with E-state index in [1.807, 2.05) is 12.2 Å². The lowest BCUT2D eigenvalue weighted by Gasteiger charge is -2.45.